The molecule has 2 aliphatic rings. The molecule has 6 nitrogen and oxygen atoms in total. The molecule has 2 fully saturated rings. The predicted molar refractivity (Wildman–Crippen MR) is 111 cm³/mol. The van der Waals surface area contributed by atoms with E-state index in [1.807, 2.05) is 0 Å². The summed E-state index contributed by atoms with van der Waals surface area (Å²) in [7, 11) is 0. The minimum absolute atomic E-state index is 0.261. The molecule has 1 saturated heterocycles. The molecule has 2 heterocycles. The Morgan fingerprint density at radius 3 is 2.81 bits per heavy atom. The van der Waals surface area contributed by atoms with Gasteiger partial charge in [-0.25, -0.2) is 9.98 Å². The van der Waals surface area contributed by atoms with Gasteiger partial charge in [0.2, 0.25) is 5.91 Å². The van der Waals surface area contributed by atoms with Gasteiger partial charge in [-0.1, -0.05) is 26.2 Å². The first-order valence-corrected chi connectivity index (χ1v) is 11.3. The fraction of sp³-hybridized carbons (Fsp3) is 0.750. The van der Waals surface area contributed by atoms with E-state index in [1.54, 1.807) is 11.3 Å². The lowest BCUT2D eigenvalue weighted by molar-refractivity contribution is -0.135. The highest BCUT2D eigenvalue weighted by Crippen LogP contribution is 2.26. The van der Waals surface area contributed by atoms with Crippen molar-refractivity contribution in [1.29, 1.82) is 0 Å². The van der Waals surface area contributed by atoms with Gasteiger partial charge in [-0.05, 0) is 32.6 Å². The van der Waals surface area contributed by atoms with Crippen LogP contribution >= 0.6 is 11.3 Å². The number of likely N-dealkylation sites (tertiary alicyclic amines) is 1. The third-order valence-electron chi connectivity index (χ3n) is 5.44. The third-order valence-corrected chi connectivity index (χ3v) is 6.48. The zero-order valence-electron chi connectivity index (χ0n) is 16.7. The number of rotatable bonds is 6. The largest absolute Gasteiger partial charge is 0.357 e. The topological polar surface area (TPSA) is 69.6 Å². The second kappa shape index (κ2) is 10.1. The molecule has 1 aromatic rings. The Kier molecular flexibility index (Phi) is 7.50. The van der Waals surface area contributed by atoms with Crippen molar-refractivity contribution in [2.24, 2.45) is 10.9 Å². The molecule has 27 heavy (non-hydrogen) atoms. The van der Waals surface area contributed by atoms with Crippen molar-refractivity contribution < 1.29 is 4.79 Å². The number of amides is 1. The van der Waals surface area contributed by atoms with Crippen LogP contribution in [0.3, 0.4) is 0 Å². The van der Waals surface area contributed by atoms with Crippen molar-refractivity contribution in [3.05, 3.63) is 16.1 Å². The van der Waals surface area contributed by atoms with E-state index in [1.165, 1.54) is 19.3 Å². The molecule has 1 aliphatic carbocycles. The molecule has 1 atom stereocenters. The Labute approximate surface area is 166 Å². The number of aliphatic imine (C=N–C) groups is 1. The van der Waals surface area contributed by atoms with Crippen molar-refractivity contribution in [3.63, 3.8) is 0 Å². The zero-order chi connectivity index (χ0) is 19.1. The number of carbonyl (C=O) groups excluding carboxylic acids is 1. The average Bonchev–Trinajstić information content (AvgIpc) is 3.36. The van der Waals surface area contributed by atoms with Gasteiger partial charge in [0.25, 0.3) is 0 Å². The van der Waals surface area contributed by atoms with E-state index >= 15 is 0 Å². The van der Waals surface area contributed by atoms with Gasteiger partial charge in [0.05, 0.1) is 17.2 Å². The van der Waals surface area contributed by atoms with Crippen molar-refractivity contribution in [2.45, 2.75) is 71.4 Å². The summed E-state index contributed by atoms with van der Waals surface area (Å²) < 4.78 is 0. The van der Waals surface area contributed by atoms with Gasteiger partial charge in [0, 0.05) is 37.0 Å². The maximum atomic E-state index is 12.7. The molecule has 0 bridgehead atoms. The molecule has 1 unspecified atom stereocenters. The number of aromatic nitrogens is 1. The number of nitrogens with zero attached hydrogens (tertiary/aromatic N) is 3. The normalized spacial score (nSPS) is 21.5. The number of nitrogens with one attached hydrogen (secondary N) is 2. The second-order valence-electron chi connectivity index (χ2n) is 7.53. The summed E-state index contributed by atoms with van der Waals surface area (Å²) in [6.07, 6.45) is 7.81. The summed E-state index contributed by atoms with van der Waals surface area (Å²) in [5.41, 5.74) is 1.02. The van der Waals surface area contributed by atoms with Crippen LogP contribution in [0, 0.1) is 5.92 Å². The molecular formula is C20H33N5OS. The maximum Gasteiger partial charge on any atom is 0.225 e. The van der Waals surface area contributed by atoms with E-state index in [2.05, 4.69) is 44.7 Å². The molecular weight excluding hydrogens is 358 g/mol. The van der Waals surface area contributed by atoms with Crippen molar-refractivity contribution in [2.75, 3.05) is 19.6 Å². The number of hydrogen-bond acceptors (Lipinski definition) is 4. The molecule has 0 spiro atoms. The predicted octanol–water partition coefficient (Wildman–Crippen LogP) is 2.94. The molecule has 2 N–H and O–H groups in total. The fourth-order valence-electron chi connectivity index (χ4n) is 3.94. The Morgan fingerprint density at radius 1 is 1.30 bits per heavy atom. The highest BCUT2D eigenvalue weighted by Gasteiger charge is 2.31. The molecule has 1 saturated carbocycles. The first-order valence-electron chi connectivity index (χ1n) is 10.5. The van der Waals surface area contributed by atoms with E-state index in [9.17, 15) is 4.79 Å². The van der Waals surface area contributed by atoms with Crippen LogP contribution < -0.4 is 10.6 Å². The van der Waals surface area contributed by atoms with E-state index in [0.29, 0.717) is 12.5 Å². The number of aryl methyl sites for hydroxylation is 1. The van der Waals surface area contributed by atoms with Crippen LogP contribution in [0.4, 0.5) is 0 Å². The van der Waals surface area contributed by atoms with Crippen LogP contribution in [-0.4, -0.2) is 47.4 Å². The molecule has 7 heteroatoms. The fourth-order valence-corrected chi connectivity index (χ4v) is 4.68. The molecule has 1 aliphatic heterocycles. The number of hydrogen-bond donors (Lipinski definition) is 2. The number of guanidine groups is 1. The Hall–Kier alpha value is -1.63. The lowest BCUT2D eigenvalue weighted by Gasteiger charge is -2.26. The maximum absolute atomic E-state index is 12.7. The van der Waals surface area contributed by atoms with Crippen LogP contribution in [0.2, 0.25) is 0 Å². The molecule has 0 aromatic carbocycles. The summed E-state index contributed by atoms with van der Waals surface area (Å²) >= 11 is 1.70. The lowest BCUT2D eigenvalue weighted by Crippen LogP contribution is -2.45. The van der Waals surface area contributed by atoms with Gasteiger partial charge >= 0.3 is 0 Å². The van der Waals surface area contributed by atoms with Gasteiger partial charge in [-0.2, -0.15) is 0 Å². The van der Waals surface area contributed by atoms with Crippen LogP contribution in [0.25, 0.3) is 0 Å². The molecule has 0 radical (unpaired) electrons. The number of carbonyl (C=O) groups is 1. The summed E-state index contributed by atoms with van der Waals surface area (Å²) in [6, 6.07) is 0.275. The zero-order valence-corrected chi connectivity index (χ0v) is 17.5. The molecule has 150 valence electrons. The average molecular weight is 392 g/mol. The van der Waals surface area contributed by atoms with Crippen LogP contribution in [0.1, 0.15) is 63.1 Å². The van der Waals surface area contributed by atoms with E-state index in [0.717, 1.165) is 62.0 Å². The minimum Gasteiger partial charge on any atom is -0.357 e. The SMILES string of the molecule is CCNC(=NCc1csc(CC)n1)NC1CCN(C(=O)C2CCCCC2)C1. The first-order chi connectivity index (χ1) is 13.2. The lowest BCUT2D eigenvalue weighted by atomic mass is 9.88. The van der Waals surface area contributed by atoms with E-state index < -0.39 is 0 Å². The van der Waals surface area contributed by atoms with Gasteiger partial charge < -0.3 is 15.5 Å². The Bertz CT molecular complexity index is 638. The van der Waals surface area contributed by atoms with Crippen LogP contribution in [-0.2, 0) is 17.8 Å². The molecule has 3 rings (SSSR count). The summed E-state index contributed by atoms with van der Waals surface area (Å²) in [6.45, 7) is 7.25. The highest BCUT2D eigenvalue weighted by molar-refractivity contribution is 7.09. The van der Waals surface area contributed by atoms with E-state index in [4.69, 9.17) is 0 Å². The monoisotopic (exact) mass is 391 g/mol. The van der Waals surface area contributed by atoms with Crippen molar-refractivity contribution >= 4 is 23.2 Å². The standard InChI is InChI=1S/C20H33N5OS/c1-3-18-23-17(14-27-18)12-22-20(21-4-2)24-16-10-11-25(13-16)19(26)15-8-6-5-7-9-15/h14-16H,3-13H2,1-2H3,(H2,21,22,24). The van der Waals surface area contributed by atoms with Gasteiger partial charge in [-0.3, -0.25) is 4.79 Å². The van der Waals surface area contributed by atoms with Gasteiger partial charge in [0.15, 0.2) is 5.96 Å². The van der Waals surface area contributed by atoms with Crippen LogP contribution in [0.5, 0.6) is 0 Å². The summed E-state index contributed by atoms with van der Waals surface area (Å²) in [5.74, 6) is 1.45. The quantitative estimate of drug-likeness (QED) is 0.578. The summed E-state index contributed by atoms with van der Waals surface area (Å²) in [5, 5.41) is 10.1. The first kappa shape index (κ1) is 20.1. The van der Waals surface area contributed by atoms with Crippen molar-refractivity contribution in [1.82, 2.24) is 20.5 Å². The summed E-state index contributed by atoms with van der Waals surface area (Å²) in [4.78, 5) is 24.1. The van der Waals surface area contributed by atoms with Crippen LogP contribution in [0.15, 0.2) is 10.4 Å². The van der Waals surface area contributed by atoms with Gasteiger partial charge in [-0.15, -0.1) is 11.3 Å². The molecule has 1 aromatic heterocycles. The van der Waals surface area contributed by atoms with E-state index in [-0.39, 0.29) is 12.0 Å². The Balaban J connectivity index is 1.52. The van der Waals surface area contributed by atoms with Crippen molar-refractivity contribution in [3.8, 4) is 0 Å². The second-order valence-corrected chi connectivity index (χ2v) is 8.47. The smallest absolute Gasteiger partial charge is 0.225 e. The van der Waals surface area contributed by atoms with Gasteiger partial charge in [0.1, 0.15) is 0 Å². The Morgan fingerprint density at radius 2 is 2.11 bits per heavy atom. The third kappa shape index (κ3) is 5.67. The highest BCUT2D eigenvalue weighted by atomic mass is 32.1. The minimum atomic E-state index is 0.261. The number of thiazole rings is 1. The molecule has 1 amide bonds.